The van der Waals surface area contributed by atoms with Gasteiger partial charge in [-0.3, -0.25) is 9.78 Å². The normalized spacial score (nSPS) is 35.6. The first-order chi connectivity index (χ1) is 9.83. The summed E-state index contributed by atoms with van der Waals surface area (Å²) < 4.78 is 0. The monoisotopic (exact) mass is 270 g/mol. The second-order valence-corrected chi connectivity index (χ2v) is 6.65. The first-order valence-corrected chi connectivity index (χ1v) is 8.06. The van der Waals surface area contributed by atoms with E-state index in [1.165, 1.54) is 31.2 Å². The highest BCUT2D eigenvalue weighted by molar-refractivity contribution is 5.91. The second kappa shape index (κ2) is 4.96. The minimum atomic E-state index is 0.0452. The number of ketones is 1. The van der Waals surface area contributed by atoms with Crippen molar-refractivity contribution < 1.29 is 4.79 Å². The van der Waals surface area contributed by atoms with Crippen LogP contribution in [0.2, 0.25) is 0 Å². The lowest BCUT2D eigenvalue weighted by Gasteiger charge is -2.24. The van der Waals surface area contributed by atoms with Gasteiger partial charge in [0.1, 0.15) is 0 Å². The highest BCUT2D eigenvalue weighted by Crippen LogP contribution is 2.38. The maximum Gasteiger partial charge on any atom is 0.158 e. The van der Waals surface area contributed by atoms with Crippen molar-refractivity contribution in [2.45, 2.75) is 62.9 Å². The number of nitrogens with one attached hydrogen (secondary N) is 1. The van der Waals surface area contributed by atoms with E-state index in [1.807, 2.05) is 12.3 Å². The molecule has 3 heteroatoms. The van der Waals surface area contributed by atoms with Crippen molar-refractivity contribution in [1.82, 2.24) is 10.3 Å². The number of hydrogen-bond acceptors (Lipinski definition) is 3. The van der Waals surface area contributed by atoms with Crippen molar-refractivity contribution in [3.63, 3.8) is 0 Å². The largest absolute Gasteiger partial charge is 0.304 e. The first kappa shape index (κ1) is 12.5. The minimum Gasteiger partial charge on any atom is -0.304 e. The third kappa shape index (κ3) is 1.99. The standard InChI is InChI=1S/C17H22N2O/c20-17(13-8-7-11-5-3-9-18-16(11)13)15-10-12-4-1-2-6-14(12)19-15/h3,5,9,12-15,19H,1-2,4,6-8,10H2. The van der Waals surface area contributed by atoms with Crippen molar-refractivity contribution in [3.05, 3.63) is 29.6 Å². The van der Waals surface area contributed by atoms with Crippen LogP contribution in [0, 0.1) is 5.92 Å². The number of Topliss-reactive ketones (excluding diaryl/α,β-unsaturated/α-hetero) is 1. The van der Waals surface area contributed by atoms with Gasteiger partial charge in [0.2, 0.25) is 0 Å². The number of aromatic nitrogens is 1. The Labute approximate surface area is 120 Å². The van der Waals surface area contributed by atoms with Crippen LogP contribution < -0.4 is 5.32 Å². The summed E-state index contributed by atoms with van der Waals surface area (Å²) in [6, 6.07) is 4.79. The third-order valence-electron chi connectivity index (χ3n) is 5.51. The highest BCUT2D eigenvalue weighted by atomic mass is 16.1. The van der Waals surface area contributed by atoms with E-state index in [1.54, 1.807) is 0 Å². The van der Waals surface area contributed by atoms with E-state index < -0.39 is 0 Å². The molecule has 2 fully saturated rings. The SMILES string of the molecule is O=C(C1CC2CCCCC2N1)C1CCc2cccnc21. The van der Waals surface area contributed by atoms with Crippen LogP contribution in [0.4, 0.5) is 0 Å². The quantitative estimate of drug-likeness (QED) is 0.898. The Bertz CT molecular complexity index is 513. The molecule has 1 aromatic rings. The van der Waals surface area contributed by atoms with E-state index in [0.717, 1.165) is 30.9 Å². The van der Waals surface area contributed by atoms with E-state index >= 15 is 0 Å². The van der Waals surface area contributed by atoms with Gasteiger partial charge in [0, 0.05) is 12.2 Å². The summed E-state index contributed by atoms with van der Waals surface area (Å²) in [5.41, 5.74) is 2.33. The Balaban J connectivity index is 1.51. The molecule has 1 N–H and O–H groups in total. The van der Waals surface area contributed by atoms with Crippen molar-refractivity contribution in [2.24, 2.45) is 5.92 Å². The smallest absolute Gasteiger partial charge is 0.158 e. The molecular weight excluding hydrogens is 248 g/mol. The molecule has 0 aromatic carbocycles. The van der Waals surface area contributed by atoms with Crippen LogP contribution in [0.3, 0.4) is 0 Å². The van der Waals surface area contributed by atoms with Gasteiger partial charge in [-0.15, -0.1) is 0 Å². The first-order valence-electron chi connectivity index (χ1n) is 8.06. The Morgan fingerprint density at radius 3 is 3.05 bits per heavy atom. The average molecular weight is 270 g/mol. The molecular formula is C17H22N2O. The number of carbonyl (C=O) groups excluding carboxylic acids is 1. The van der Waals surface area contributed by atoms with E-state index in [9.17, 15) is 4.79 Å². The highest BCUT2D eigenvalue weighted by Gasteiger charge is 2.42. The summed E-state index contributed by atoms with van der Waals surface area (Å²) in [6.07, 6.45) is 10.1. The minimum absolute atomic E-state index is 0.0452. The number of fused-ring (bicyclic) bond motifs is 2. The van der Waals surface area contributed by atoms with E-state index in [0.29, 0.717) is 11.8 Å². The van der Waals surface area contributed by atoms with Crippen LogP contribution >= 0.6 is 0 Å². The van der Waals surface area contributed by atoms with E-state index in [-0.39, 0.29) is 12.0 Å². The van der Waals surface area contributed by atoms with Gasteiger partial charge >= 0.3 is 0 Å². The molecule has 4 atom stereocenters. The molecule has 4 rings (SSSR count). The Hall–Kier alpha value is -1.22. The van der Waals surface area contributed by atoms with Crippen molar-refractivity contribution in [2.75, 3.05) is 0 Å². The van der Waals surface area contributed by atoms with Crippen LogP contribution in [0.25, 0.3) is 0 Å². The maximum absolute atomic E-state index is 12.9. The molecule has 106 valence electrons. The zero-order chi connectivity index (χ0) is 13.5. The molecule has 3 nitrogen and oxygen atoms in total. The molecule has 1 saturated heterocycles. The van der Waals surface area contributed by atoms with E-state index in [4.69, 9.17) is 0 Å². The number of hydrogen-bond donors (Lipinski definition) is 1. The molecule has 1 aromatic heterocycles. The van der Waals surface area contributed by atoms with E-state index in [2.05, 4.69) is 16.4 Å². The molecule has 0 spiro atoms. The second-order valence-electron chi connectivity index (χ2n) is 6.65. The van der Waals surface area contributed by atoms with Gasteiger partial charge in [-0.1, -0.05) is 18.9 Å². The Morgan fingerprint density at radius 1 is 1.25 bits per heavy atom. The molecule has 1 aliphatic heterocycles. The molecule has 1 saturated carbocycles. The van der Waals surface area contributed by atoms with Crippen LogP contribution in [0.5, 0.6) is 0 Å². The average Bonchev–Trinajstić information content (AvgIpc) is 3.10. The molecule has 3 aliphatic rings. The lowest BCUT2D eigenvalue weighted by atomic mass is 9.84. The molecule has 0 bridgehead atoms. The van der Waals surface area contributed by atoms with Gasteiger partial charge in [-0.05, 0) is 49.7 Å². The summed E-state index contributed by atoms with van der Waals surface area (Å²) in [7, 11) is 0. The summed E-state index contributed by atoms with van der Waals surface area (Å²) in [5.74, 6) is 1.18. The Morgan fingerprint density at radius 2 is 2.15 bits per heavy atom. The van der Waals surface area contributed by atoms with Crippen LogP contribution in [0.15, 0.2) is 18.3 Å². The summed E-state index contributed by atoms with van der Waals surface area (Å²) in [4.78, 5) is 17.3. The van der Waals surface area contributed by atoms with Crippen LogP contribution in [0.1, 0.15) is 55.7 Å². The molecule has 0 amide bonds. The zero-order valence-electron chi connectivity index (χ0n) is 11.8. The molecule has 2 heterocycles. The molecule has 2 aliphatic carbocycles. The number of aryl methyl sites for hydroxylation is 1. The van der Waals surface area contributed by atoms with Crippen molar-refractivity contribution in [1.29, 1.82) is 0 Å². The predicted molar refractivity (Wildman–Crippen MR) is 77.6 cm³/mol. The summed E-state index contributed by atoms with van der Waals surface area (Å²) in [5, 5.41) is 3.62. The van der Waals surface area contributed by atoms with Gasteiger partial charge in [0.15, 0.2) is 5.78 Å². The third-order valence-corrected chi connectivity index (χ3v) is 5.51. The van der Waals surface area contributed by atoms with Crippen LogP contribution in [-0.4, -0.2) is 22.9 Å². The van der Waals surface area contributed by atoms with Crippen LogP contribution in [-0.2, 0) is 11.2 Å². The fraction of sp³-hybridized carbons (Fsp3) is 0.647. The van der Waals surface area contributed by atoms with Gasteiger partial charge in [-0.25, -0.2) is 0 Å². The van der Waals surface area contributed by atoms with Crippen molar-refractivity contribution >= 4 is 5.78 Å². The van der Waals surface area contributed by atoms with Gasteiger partial charge in [0.05, 0.1) is 17.7 Å². The van der Waals surface area contributed by atoms with Crippen molar-refractivity contribution in [3.8, 4) is 0 Å². The molecule has 20 heavy (non-hydrogen) atoms. The zero-order valence-corrected chi connectivity index (χ0v) is 11.8. The predicted octanol–water partition coefficient (Wildman–Crippen LogP) is 2.60. The topological polar surface area (TPSA) is 42.0 Å². The van der Waals surface area contributed by atoms with Gasteiger partial charge in [-0.2, -0.15) is 0 Å². The maximum atomic E-state index is 12.9. The number of nitrogens with zero attached hydrogens (tertiary/aromatic N) is 1. The lowest BCUT2D eigenvalue weighted by molar-refractivity contribution is -0.122. The Kier molecular flexibility index (Phi) is 3.10. The number of rotatable bonds is 2. The fourth-order valence-corrected chi connectivity index (χ4v) is 4.47. The van der Waals surface area contributed by atoms with Gasteiger partial charge in [0.25, 0.3) is 0 Å². The van der Waals surface area contributed by atoms with Gasteiger partial charge < -0.3 is 5.32 Å². The molecule has 4 unspecified atom stereocenters. The lowest BCUT2D eigenvalue weighted by Crippen LogP contribution is -2.39. The number of pyridine rings is 1. The summed E-state index contributed by atoms with van der Waals surface area (Å²) >= 11 is 0. The fourth-order valence-electron chi connectivity index (χ4n) is 4.47. The summed E-state index contributed by atoms with van der Waals surface area (Å²) in [6.45, 7) is 0. The molecule has 0 radical (unpaired) electrons. The number of carbonyl (C=O) groups is 1.